The minimum Gasteiger partial charge on any atom is -0.466 e. The Labute approximate surface area is 138 Å². The fraction of sp³-hybridized carbons (Fsp3) is 0.857. The van der Waals surface area contributed by atoms with Crippen molar-refractivity contribution in [3.8, 4) is 0 Å². The Bertz CT molecular complexity index is 234. The third-order valence-electron chi connectivity index (χ3n) is 2.66. The molecule has 0 aromatic rings. The first-order valence-corrected chi connectivity index (χ1v) is 9.38. The van der Waals surface area contributed by atoms with Gasteiger partial charge < -0.3 is 9.47 Å². The van der Waals surface area contributed by atoms with Gasteiger partial charge in [-0.3, -0.25) is 9.59 Å². The molecular weight excluding hydrogens is 392 g/mol. The third-order valence-corrected chi connectivity index (χ3v) is 3.46. The highest BCUT2D eigenvalue weighted by Crippen LogP contribution is 2.06. The van der Waals surface area contributed by atoms with Crippen LogP contribution in [0.2, 0.25) is 0 Å². The molecule has 0 aliphatic heterocycles. The van der Waals surface area contributed by atoms with E-state index in [2.05, 4.69) is 31.9 Å². The molecular formula is C14H24Br2O4. The molecule has 0 bridgehead atoms. The van der Waals surface area contributed by atoms with E-state index in [1.54, 1.807) is 0 Å². The summed E-state index contributed by atoms with van der Waals surface area (Å²) in [6, 6.07) is 0. The van der Waals surface area contributed by atoms with E-state index in [1.807, 2.05) is 0 Å². The molecule has 0 fully saturated rings. The Morgan fingerprint density at radius 3 is 1.35 bits per heavy atom. The minimum absolute atomic E-state index is 0.132. The van der Waals surface area contributed by atoms with Gasteiger partial charge in [-0.1, -0.05) is 57.5 Å². The summed E-state index contributed by atoms with van der Waals surface area (Å²) in [6.45, 7) is 1.05. The Morgan fingerprint density at radius 2 is 1.00 bits per heavy atom. The SMILES string of the molecule is O=C(CCBr)OCCCCCCCCOC(=O)CCBr. The molecule has 0 amide bonds. The van der Waals surface area contributed by atoms with Crippen LogP contribution < -0.4 is 0 Å². The van der Waals surface area contributed by atoms with Gasteiger partial charge in [-0.2, -0.15) is 0 Å². The lowest BCUT2D eigenvalue weighted by Crippen LogP contribution is -2.06. The highest BCUT2D eigenvalue weighted by Gasteiger charge is 2.01. The standard InChI is InChI=1S/C14H24Br2O4/c15-9-7-13(17)19-11-5-3-1-2-4-6-12-20-14(18)8-10-16/h1-12H2. The van der Waals surface area contributed by atoms with Crippen molar-refractivity contribution in [2.45, 2.75) is 51.4 Å². The highest BCUT2D eigenvalue weighted by atomic mass is 79.9. The van der Waals surface area contributed by atoms with E-state index in [-0.39, 0.29) is 11.9 Å². The molecule has 0 aliphatic rings. The van der Waals surface area contributed by atoms with Gasteiger partial charge in [-0.25, -0.2) is 0 Å². The Morgan fingerprint density at radius 1 is 0.650 bits per heavy atom. The van der Waals surface area contributed by atoms with Crippen molar-refractivity contribution >= 4 is 43.8 Å². The maximum Gasteiger partial charge on any atom is 0.306 e. The van der Waals surface area contributed by atoms with Gasteiger partial charge in [0.25, 0.3) is 0 Å². The molecule has 0 saturated heterocycles. The average molecular weight is 416 g/mol. The van der Waals surface area contributed by atoms with Crippen molar-refractivity contribution in [2.24, 2.45) is 0 Å². The van der Waals surface area contributed by atoms with Crippen LogP contribution in [-0.2, 0) is 19.1 Å². The molecule has 0 saturated carbocycles. The van der Waals surface area contributed by atoms with Crippen LogP contribution >= 0.6 is 31.9 Å². The topological polar surface area (TPSA) is 52.6 Å². The molecule has 6 heteroatoms. The predicted octanol–water partition coefficient (Wildman–Crippen LogP) is 3.98. The zero-order chi connectivity index (χ0) is 15.1. The number of hydrogen-bond acceptors (Lipinski definition) is 4. The quantitative estimate of drug-likeness (QED) is 0.259. The number of ether oxygens (including phenoxy) is 2. The third kappa shape index (κ3) is 14.3. The van der Waals surface area contributed by atoms with Crippen LogP contribution in [-0.4, -0.2) is 35.8 Å². The first kappa shape index (κ1) is 19.9. The van der Waals surface area contributed by atoms with E-state index in [0.717, 1.165) is 38.5 Å². The highest BCUT2D eigenvalue weighted by molar-refractivity contribution is 9.09. The van der Waals surface area contributed by atoms with Crippen LogP contribution in [0.4, 0.5) is 0 Å². The van der Waals surface area contributed by atoms with Crippen molar-refractivity contribution in [2.75, 3.05) is 23.9 Å². The molecule has 0 radical (unpaired) electrons. The molecule has 0 heterocycles. The summed E-state index contributed by atoms with van der Waals surface area (Å²) in [5, 5.41) is 1.32. The van der Waals surface area contributed by atoms with Crippen LogP contribution in [0.3, 0.4) is 0 Å². The van der Waals surface area contributed by atoms with Crippen molar-refractivity contribution in [1.29, 1.82) is 0 Å². The van der Waals surface area contributed by atoms with Crippen LogP contribution in [0.15, 0.2) is 0 Å². The molecule has 0 atom stereocenters. The van der Waals surface area contributed by atoms with Gasteiger partial charge in [0.15, 0.2) is 0 Å². The van der Waals surface area contributed by atoms with Crippen LogP contribution in [0.1, 0.15) is 51.4 Å². The Hall–Kier alpha value is -0.100. The molecule has 118 valence electrons. The predicted molar refractivity (Wildman–Crippen MR) is 86.4 cm³/mol. The van der Waals surface area contributed by atoms with Gasteiger partial charge in [-0.15, -0.1) is 0 Å². The van der Waals surface area contributed by atoms with Crippen LogP contribution in [0.5, 0.6) is 0 Å². The molecule has 0 aromatic heterocycles. The van der Waals surface area contributed by atoms with E-state index in [1.165, 1.54) is 0 Å². The maximum absolute atomic E-state index is 11.1. The van der Waals surface area contributed by atoms with Crippen molar-refractivity contribution in [3.63, 3.8) is 0 Å². The molecule has 0 aromatic carbocycles. The largest absolute Gasteiger partial charge is 0.466 e. The number of esters is 2. The second-order valence-electron chi connectivity index (χ2n) is 4.44. The Balaban J connectivity index is 3.13. The fourth-order valence-corrected chi connectivity index (χ4v) is 2.23. The van der Waals surface area contributed by atoms with Gasteiger partial charge in [0.1, 0.15) is 0 Å². The summed E-state index contributed by atoms with van der Waals surface area (Å²) in [5.41, 5.74) is 0. The zero-order valence-electron chi connectivity index (χ0n) is 11.9. The molecule has 0 rings (SSSR count). The number of carbonyl (C=O) groups excluding carboxylic acids is 2. The summed E-state index contributed by atoms with van der Waals surface area (Å²) in [6.07, 6.45) is 7.14. The van der Waals surface area contributed by atoms with Gasteiger partial charge in [0, 0.05) is 10.7 Å². The second-order valence-corrected chi connectivity index (χ2v) is 6.03. The summed E-state index contributed by atoms with van der Waals surface area (Å²) >= 11 is 6.39. The maximum atomic E-state index is 11.1. The van der Waals surface area contributed by atoms with Crippen molar-refractivity contribution < 1.29 is 19.1 Å². The number of alkyl halides is 2. The van der Waals surface area contributed by atoms with Crippen molar-refractivity contribution in [3.05, 3.63) is 0 Å². The lowest BCUT2D eigenvalue weighted by Gasteiger charge is -2.05. The lowest BCUT2D eigenvalue weighted by atomic mass is 10.1. The van der Waals surface area contributed by atoms with Crippen molar-refractivity contribution in [1.82, 2.24) is 0 Å². The lowest BCUT2D eigenvalue weighted by molar-refractivity contribution is -0.144. The van der Waals surface area contributed by atoms with Crippen LogP contribution in [0.25, 0.3) is 0 Å². The molecule has 0 spiro atoms. The normalized spacial score (nSPS) is 10.3. The number of halogens is 2. The van der Waals surface area contributed by atoms with Crippen LogP contribution in [0, 0.1) is 0 Å². The summed E-state index contributed by atoms with van der Waals surface area (Å²) in [4.78, 5) is 22.1. The van der Waals surface area contributed by atoms with E-state index < -0.39 is 0 Å². The van der Waals surface area contributed by atoms with E-state index in [4.69, 9.17) is 9.47 Å². The fourth-order valence-electron chi connectivity index (χ4n) is 1.58. The first-order valence-electron chi connectivity index (χ1n) is 7.14. The Kier molecular flexibility index (Phi) is 15.2. The molecule has 0 unspecified atom stereocenters. The monoisotopic (exact) mass is 414 g/mol. The van der Waals surface area contributed by atoms with Gasteiger partial charge in [0.05, 0.1) is 26.1 Å². The van der Waals surface area contributed by atoms with Gasteiger partial charge >= 0.3 is 11.9 Å². The van der Waals surface area contributed by atoms with E-state index in [9.17, 15) is 9.59 Å². The average Bonchev–Trinajstić information content (AvgIpc) is 2.41. The number of unbranched alkanes of at least 4 members (excludes halogenated alkanes) is 5. The van der Waals surface area contributed by atoms with E-state index >= 15 is 0 Å². The number of rotatable bonds is 13. The summed E-state index contributed by atoms with van der Waals surface area (Å²) < 4.78 is 10.1. The smallest absolute Gasteiger partial charge is 0.306 e. The number of carbonyl (C=O) groups is 2. The second kappa shape index (κ2) is 15.3. The molecule has 0 N–H and O–H groups in total. The molecule has 4 nitrogen and oxygen atoms in total. The molecule has 20 heavy (non-hydrogen) atoms. The van der Waals surface area contributed by atoms with E-state index in [0.29, 0.717) is 36.7 Å². The number of hydrogen-bond donors (Lipinski definition) is 0. The van der Waals surface area contributed by atoms with Gasteiger partial charge in [-0.05, 0) is 12.8 Å². The van der Waals surface area contributed by atoms with Gasteiger partial charge in [0.2, 0.25) is 0 Å². The molecule has 0 aliphatic carbocycles. The summed E-state index contributed by atoms with van der Waals surface area (Å²) in [7, 11) is 0. The zero-order valence-corrected chi connectivity index (χ0v) is 15.0. The first-order chi connectivity index (χ1) is 9.70. The summed E-state index contributed by atoms with van der Waals surface area (Å²) in [5.74, 6) is -0.264. The minimum atomic E-state index is -0.132.